The summed E-state index contributed by atoms with van der Waals surface area (Å²) in [6, 6.07) is 15.6. The van der Waals surface area contributed by atoms with Crippen molar-refractivity contribution in [1.29, 1.82) is 0 Å². The minimum Gasteiger partial charge on any atom is -0.481 e. The topological polar surface area (TPSA) is 345 Å². The highest BCUT2D eigenvalue weighted by atomic mass is 31.2. The predicted octanol–water partition coefficient (Wildman–Crippen LogP) is 3.74. The lowest BCUT2D eigenvalue weighted by Gasteiger charge is -2.28. The zero-order valence-electron chi connectivity index (χ0n) is 45.7. The number of unbranched alkanes of at least 4 members (excludes halogenated alkanes) is 6. The summed E-state index contributed by atoms with van der Waals surface area (Å²) in [5, 5.41) is 20.8. The molecule has 8 N–H and O–H groups in total. The Labute approximate surface area is 464 Å². The number of H-pyrrole nitrogens is 3. The van der Waals surface area contributed by atoms with Crippen LogP contribution in [-0.2, 0) is 18.9 Å². The molecule has 0 unspecified atom stereocenters. The molecular formula is C56H66N13O11P. The number of fused-ring (bicyclic) bond motifs is 6. The SMILES string of the molecule is C=c1nc2c(c(=O)[nH]1)=Nc1cc(C)c(C)cc1N2CC(=O)NCCCP(=O)(O)O.C=c1nc2c(c(=O)[nH]1)=Nc1cc(C)ccc1N2CCCCCCC(=O)O.C=c1nc2c(c(=O)[nH]1)=Nc1ccc(C)cc1N2CCCCCCC(=O)O. The van der Waals surface area contributed by atoms with Crippen molar-refractivity contribution in [2.45, 2.75) is 98.3 Å². The number of carbonyl (C=O) groups is 3. The van der Waals surface area contributed by atoms with Gasteiger partial charge in [-0.3, -0.25) is 33.3 Å². The van der Waals surface area contributed by atoms with Crippen LogP contribution in [0.15, 0.2) is 77.9 Å². The van der Waals surface area contributed by atoms with Gasteiger partial charge in [0.2, 0.25) is 5.91 Å². The van der Waals surface area contributed by atoms with Crippen LogP contribution in [0.5, 0.6) is 0 Å². The summed E-state index contributed by atoms with van der Waals surface area (Å²) in [5.74, 6) is -0.594. The number of carboxylic acid groups (broad SMARTS) is 2. The molecule has 0 saturated carbocycles. The lowest BCUT2D eigenvalue weighted by Crippen LogP contribution is -2.45. The van der Waals surface area contributed by atoms with Crippen LogP contribution in [0.2, 0.25) is 0 Å². The molecule has 24 nitrogen and oxygen atoms in total. The van der Waals surface area contributed by atoms with E-state index in [0.717, 1.165) is 83.5 Å². The molecule has 0 aliphatic carbocycles. The Kier molecular flexibility index (Phi) is 19.6. The van der Waals surface area contributed by atoms with Crippen LogP contribution < -0.4 is 69.2 Å². The number of nitrogens with zero attached hydrogens (tertiary/aromatic N) is 9. The van der Waals surface area contributed by atoms with Gasteiger partial charge in [-0.25, -0.2) is 29.9 Å². The summed E-state index contributed by atoms with van der Waals surface area (Å²) >= 11 is 0. The van der Waals surface area contributed by atoms with Crippen molar-refractivity contribution in [3.05, 3.63) is 134 Å². The Bertz CT molecular complexity index is 3990. The Balaban J connectivity index is 0.000000176. The van der Waals surface area contributed by atoms with Crippen LogP contribution >= 0.6 is 7.60 Å². The van der Waals surface area contributed by atoms with Crippen LogP contribution in [0.4, 0.5) is 51.6 Å². The minimum absolute atomic E-state index is 0.0995. The molecule has 0 saturated heterocycles. The number of hydrogen-bond acceptors (Lipinski definition) is 16. The fourth-order valence-corrected chi connectivity index (χ4v) is 9.75. The van der Waals surface area contributed by atoms with E-state index in [4.69, 9.17) is 20.0 Å². The molecule has 3 aliphatic rings. The lowest BCUT2D eigenvalue weighted by atomic mass is 10.1. The summed E-state index contributed by atoms with van der Waals surface area (Å²) in [5.41, 5.74) is 8.47. The quantitative estimate of drug-likeness (QED) is 0.0399. The van der Waals surface area contributed by atoms with Crippen molar-refractivity contribution >= 4 is 96.8 Å². The third-order valence-electron chi connectivity index (χ3n) is 13.3. The van der Waals surface area contributed by atoms with Gasteiger partial charge >= 0.3 is 19.5 Å². The van der Waals surface area contributed by atoms with Crippen molar-refractivity contribution in [3.63, 3.8) is 0 Å². The standard InChI is InChI=1S/2C19H22N4O3.C18H22N5O5P/c1-12-8-9-15-14(11-12)22-17-18(20-13(2)21-19(17)26)23(15)10-6-4-3-5-7-16(24)25;1-12-8-9-14-15(11-12)23(10-6-4-3-5-7-16(24)25)18-17(22-14)19(26)21-13(2)20-18;1-10-7-13-14(8-11(10)2)23(9-15(24)19-5-4-6-29(26,27)28)17-16(22-13)18(25)21-12(3)20-17/h2*8-9,11H,2-7,10H2,1H3,(H,21,26)(H,24,25);7-8H,3-6,9H2,1-2H3,(H,19,24)(H,21,25)(H2,26,27,28). The largest absolute Gasteiger partial charge is 0.481 e. The van der Waals surface area contributed by atoms with Gasteiger partial charge in [-0.05, 0) is 118 Å². The maximum atomic E-state index is 12.5. The van der Waals surface area contributed by atoms with E-state index < -0.39 is 25.1 Å². The second-order valence-corrected chi connectivity index (χ2v) is 21.7. The molecule has 0 fully saturated rings. The first-order chi connectivity index (χ1) is 38.5. The number of aryl methyl sites for hydroxylation is 4. The van der Waals surface area contributed by atoms with Crippen LogP contribution in [-0.4, -0.2) is 100 Å². The first-order valence-electron chi connectivity index (χ1n) is 26.4. The zero-order valence-corrected chi connectivity index (χ0v) is 46.6. The van der Waals surface area contributed by atoms with E-state index in [9.17, 15) is 33.3 Å². The Morgan fingerprint density at radius 3 is 1.49 bits per heavy atom. The number of carboxylic acids is 2. The van der Waals surface area contributed by atoms with E-state index in [1.807, 2.05) is 86.0 Å². The molecule has 0 atom stereocenters. The van der Waals surface area contributed by atoms with Crippen LogP contribution in [0.25, 0.3) is 19.7 Å². The summed E-state index contributed by atoms with van der Waals surface area (Å²) in [6.45, 7) is 20.4. The number of aromatic nitrogens is 6. The second-order valence-electron chi connectivity index (χ2n) is 19.9. The number of hydrogen-bond donors (Lipinski definition) is 8. The van der Waals surface area contributed by atoms with Crippen molar-refractivity contribution < 1.29 is 38.9 Å². The van der Waals surface area contributed by atoms with Gasteiger partial charge in [-0.1, -0.05) is 57.6 Å². The Morgan fingerprint density at radius 1 is 0.543 bits per heavy atom. The number of nitrogens with one attached hydrogen (secondary N) is 4. The van der Waals surface area contributed by atoms with E-state index in [0.29, 0.717) is 70.6 Å². The monoisotopic (exact) mass is 1130 g/mol. The maximum Gasteiger partial charge on any atom is 0.325 e. The fraction of sp³-hybridized carbons (Fsp3) is 0.357. The number of carbonyl (C=O) groups excluding carboxylic acids is 1. The highest BCUT2D eigenvalue weighted by molar-refractivity contribution is 7.51. The Hall–Kier alpha value is -8.73. The molecule has 9 rings (SSSR count). The molecule has 0 spiro atoms. The lowest BCUT2D eigenvalue weighted by molar-refractivity contribution is -0.138. The smallest absolute Gasteiger partial charge is 0.325 e. The molecule has 81 heavy (non-hydrogen) atoms. The summed E-state index contributed by atoms with van der Waals surface area (Å²) in [6.07, 6.45) is 6.90. The number of rotatable bonds is 20. The molecular weight excluding hydrogens is 1060 g/mol. The molecule has 0 bridgehead atoms. The van der Waals surface area contributed by atoms with Gasteiger partial charge in [0.05, 0.1) is 40.3 Å². The first kappa shape index (κ1) is 59.9. The molecule has 3 aromatic heterocycles. The number of benzene rings is 3. The zero-order chi connectivity index (χ0) is 58.7. The van der Waals surface area contributed by atoms with Crippen molar-refractivity contribution in [1.82, 2.24) is 35.2 Å². The van der Waals surface area contributed by atoms with E-state index in [1.165, 1.54) is 0 Å². The second kappa shape index (κ2) is 26.5. The molecule has 1 amide bonds. The van der Waals surface area contributed by atoms with Gasteiger partial charge < -0.3 is 55.0 Å². The third kappa shape index (κ3) is 15.8. The minimum atomic E-state index is -4.10. The summed E-state index contributed by atoms with van der Waals surface area (Å²) < 4.78 is 10.9. The molecule has 6 aromatic rings. The van der Waals surface area contributed by atoms with Gasteiger partial charge in [-0.15, -0.1) is 0 Å². The number of aromatic amines is 3. The number of anilines is 6. The molecule has 426 valence electrons. The van der Waals surface area contributed by atoms with Gasteiger partial charge in [0.25, 0.3) is 16.7 Å². The fourth-order valence-electron chi connectivity index (χ4n) is 9.18. The van der Waals surface area contributed by atoms with Crippen molar-refractivity contribution in [2.24, 2.45) is 15.0 Å². The normalized spacial score (nSPS) is 12.4. The van der Waals surface area contributed by atoms with Crippen molar-refractivity contribution in [3.8, 4) is 0 Å². The van der Waals surface area contributed by atoms with E-state index in [1.54, 1.807) is 4.90 Å². The highest BCUT2D eigenvalue weighted by Gasteiger charge is 2.27. The van der Waals surface area contributed by atoms with Crippen LogP contribution in [0.3, 0.4) is 0 Å². The summed E-state index contributed by atoms with van der Waals surface area (Å²) in [4.78, 5) is 128. The van der Waals surface area contributed by atoms with Gasteiger partial charge in [0.1, 0.15) is 23.0 Å². The molecule has 0 radical (unpaired) electrons. The predicted molar refractivity (Wildman–Crippen MR) is 308 cm³/mol. The molecule has 6 heterocycles. The van der Waals surface area contributed by atoms with E-state index in [2.05, 4.69) is 69.9 Å². The number of aliphatic carboxylic acids is 2. The molecule has 25 heteroatoms. The van der Waals surface area contributed by atoms with E-state index >= 15 is 0 Å². The van der Waals surface area contributed by atoms with Crippen molar-refractivity contribution in [2.75, 3.05) is 47.0 Å². The molecule has 3 aromatic carbocycles. The van der Waals surface area contributed by atoms with Gasteiger partial charge in [-0.2, -0.15) is 0 Å². The number of amides is 1. The first-order valence-corrected chi connectivity index (χ1v) is 28.2. The van der Waals surface area contributed by atoms with E-state index in [-0.39, 0.29) is 72.2 Å². The van der Waals surface area contributed by atoms with Crippen LogP contribution in [0.1, 0.15) is 92.9 Å². The van der Waals surface area contributed by atoms with Gasteiger partial charge in [0, 0.05) is 32.5 Å². The molecule has 3 aliphatic heterocycles. The third-order valence-corrected chi connectivity index (χ3v) is 14.2. The van der Waals surface area contributed by atoms with Gasteiger partial charge in [0.15, 0.2) is 33.5 Å². The Morgan fingerprint density at radius 2 is 0.975 bits per heavy atom. The summed E-state index contributed by atoms with van der Waals surface area (Å²) in [7, 11) is -4.10. The maximum absolute atomic E-state index is 12.5. The average Bonchev–Trinajstić information content (AvgIpc) is 3.58. The highest BCUT2D eigenvalue weighted by Crippen LogP contribution is 2.39. The van der Waals surface area contributed by atoms with Crippen LogP contribution in [0, 0.1) is 27.7 Å². The average molecular weight is 1130 g/mol.